The first-order valence-electron chi connectivity index (χ1n) is 5.38. The molecule has 0 spiro atoms. The number of imidazole rings is 1. The minimum Gasteiger partial charge on any atom is -0.395 e. The number of hydrogen-bond acceptors (Lipinski definition) is 2. The third-order valence-corrected chi connectivity index (χ3v) is 3.44. The van der Waals surface area contributed by atoms with Crippen LogP contribution in [0.25, 0.3) is 0 Å². The molecule has 14 heavy (non-hydrogen) atoms. The molecule has 0 unspecified atom stereocenters. The quantitative estimate of drug-likeness (QED) is 0.769. The summed E-state index contributed by atoms with van der Waals surface area (Å²) >= 11 is 0. The van der Waals surface area contributed by atoms with E-state index in [0.717, 1.165) is 36.5 Å². The van der Waals surface area contributed by atoms with Gasteiger partial charge in [0.25, 0.3) is 0 Å². The predicted octanol–water partition coefficient (Wildman–Crippen LogP) is 1.69. The minimum absolute atomic E-state index is 0.0435. The molecule has 0 saturated heterocycles. The van der Waals surface area contributed by atoms with Gasteiger partial charge >= 0.3 is 0 Å². The Bertz CT molecular complexity index is 321. The van der Waals surface area contributed by atoms with E-state index >= 15 is 0 Å². The zero-order valence-corrected chi connectivity index (χ0v) is 8.93. The van der Waals surface area contributed by atoms with Gasteiger partial charge < -0.3 is 10.1 Å². The van der Waals surface area contributed by atoms with Crippen molar-refractivity contribution in [3.05, 3.63) is 17.2 Å². The van der Waals surface area contributed by atoms with Crippen LogP contribution in [-0.4, -0.2) is 21.7 Å². The Morgan fingerprint density at radius 1 is 1.50 bits per heavy atom. The lowest BCUT2D eigenvalue weighted by Gasteiger charge is -2.38. The molecular weight excluding hydrogens is 176 g/mol. The lowest BCUT2D eigenvalue weighted by atomic mass is 9.69. The van der Waals surface area contributed by atoms with Gasteiger partial charge in [-0.25, -0.2) is 4.98 Å². The van der Waals surface area contributed by atoms with Crippen molar-refractivity contribution in [1.29, 1.82) is 0 Å². The van der Waals surface area contributed by atoms with Gasteiger partial charge in [-0.3, -0.25) is 0 Å². The molecule has 3 heteroatoms. The number of aromatic amines is 1. The second kappa shape index (κ2) is 3.39. The second-order valence-electron chi connectivity index (χ2n) is 4.30. The molecule has 0 bridgehead atoms. The molecule has 1 fully saturated rings. The molecule has 0 aliphatic heterocycles. The summed E-state index contributed by atoms with van der Waals surface area (Å²) in [5, 5.41) is 9.40. The van der Waals surface area contributed by atoms with E-state index in [1.165, 1.54) is 6.42 Å². The number of nitrogens with zero attached hydrogens (tertiary/aromatic N) is 1. The van der Waals surface area contributed by atoms with E-state index in [4.69, 9.17) is 0 Å². The van der Waals surface area contributed by atoms with Gasteiger partial charge in [0.1, 0.15) is 5.82 Å². The Labute approximate surface area is 84.6 Å². The minimum atomic E-state index is -0.0435. The largest absolute Gasteiger partial charge is 0.395 e. The maximum atomic E-state index is 9.40. The van der Waals surface area contributed by atoms with E-state index < -0.39 is 0 Å². The van der Waals surface area contributed by atoms with Crippen molar-refractivity contribution in [3.63, 3.8) is 0 Å². The molecule has 2 N–H and O–H groups in total. The molecule has 0 radical (unpaired) electrons. The summed E-state index contributed by atoms with van der Waals surface area (Å²) in [6, 6.07) is 0. The van der Waals surface area contributed by atoms with Gasteiger partial charge in [0.2, 0.25) is 0 Å². The summed E-state index contributed by atoms with van der Waals surface area (Å²) in [6.45, 7) is 4.39. The van der Waals surface area contributed by atoms with E-state index in [1.807, 2.05) is 0 Å². The van der Waals surface area contributed by atoms with Crippen molar-refractivity contribution in [2.75, 3.05) is 6.61 Å². The molecule has 1 aliphatic carbocycles. The van der Waals surface area contributed by atoms with Gasteiger partial charge in [0.05, 0.1) is 17.7 Å². The normalized spacial score (nSPS) is 19.4. The topological polar surface area (TPSA) is 48.9 Å². The first kappa shape index (κ1) is 9.71. The van der Waals surface area contributed by atoms with Gasteiger partial charge in [0.15, 0.2) is 0 Å². The van der Waals surface area contributed by atoms with E-state index in [2.05, 4.69) is 23.8 Å². The Hall–Kier alpha value is -0.830. The molecule has 1 aromatic heterocycles. The predicted molar refractivity (Wildman–Crippen MR) is 55.3 cm³/mol. The van der Waals surface area contributed by atoms with Crippen LogP contribution in [0, 0.1) is 6.92 Å². The van der Waals surface area contributed by atoms with Crippen LogP contribution in [0.15, 0.2) is 0 Å². The van der Waals surface area contributed by atoms with E-state index in [-0.39, 0.29) is 12.0 Å². The van der Waals surface area contributed by atoms with E-state index in [0.29, 0.717) is 0 Å². The fourth-order valence-electron chi connectivity index (χ4n) is 2.17. The number of aliphatic hydroxyl groups is 1. The maximum Gasteiger partial charge on any atom is 0.115 e. The molecule has 1 aromatic rings. The number of aromatic nitrogens is 2. The average Bonchev–Trinajstić information content (AvgIpc) is 2.46. The van der Waals surface area contributed by atoms with Gasteiger partial charge in [-0.2, -0.15) is 0 Å². The van der Waals surface area contributed by atoms with Crippen LogP contribution in [0.4, 0.5) is 0 Å². The van der Waals surface area contributed by atoms with Crippen molar-refractivity contribution in [2.45, 2.75) is 44.9 Å². The number of nitrogens with one attached hydrogen (secondary N) is 1. The van der Waals surface area contributed by atoms with Crippen molar-refractivity contribution in [2.24, 2.45) is 0 Å². The standard InChI is InChI=1S/C11H18N2O/c1-3-9-8(2)12-10(13-9)11(7-14)5-4-6-11/h14H,3-7H2,1-2H3,(H,12,13). The summed E-state index contributed by atoms with van der Waals surface area (Å²) in [6.07, 6.45) is 4.31. The third-order valence-electron chi connectivity index (χ3n) is 3.44. The maximum absolute atomic E-state index is 9.40. The highest BCUT2D eigenvalue weighted by Gasteiger charge is 2.40. The number of rotatable bonds is 3. The van der Waals surface area contributed by atoms with Crippen LogP contribution in [0.1, 0.15) is 43.4 Å². The Balaban J connectivity index is 2.31. The van der Waals surface area contributed by atoms with Crippen LogP contribution in [-0.2, 0) is 11.8 Å². The second-order valence-corrected chi connectivity index (χ2v) is 4.30. The van der Waals surface area contributed by atoms with Crippen LogP contribution in [0.5, 0.6) is 0 Å². The van der Waals surface area contributed by atoms with Crippen molar-refractivity contribution < 1.29 is 5.11 Å². The molecule has 0 amide bonds. The van der Waals surface area contributed by atoms with Crippen LogP contribution >= 0.6 is 0 Å². The highest BCUT2D eigenvalue weighted by Crippen LogP contribution is 2.42. The van der Waals surface area contributed by atoms with Gasteiger partial charge in [0, 0.05) is 5.69 Å². The first-order chi connectivity index (χ1) is 6.72. The fourth-order valence-corrected chi connectivity index (χ4v) is 2.17. The number of hydrogen-bond donors (Lipinski definition) is 2. The van der Waals surface area contributed by atoms with E-state index in [1.54, 1.807) is 0 Å². The molecule has 1 saturated carbocycles. The summed E-state index contributed by atoms with van der Waals surface area (Å²) < 4.78 is 0. The Morgan fingerprint density at radius 3 is 2.57 bits per heavy atom. The molecule has 1 aliphatic rings. The van der Waals surface area contributed by atoms with Crippen LogP contribution in [0.2, 0.25) is 0 Å². The lowest BCUT2D eigenvalue weighted by Crippen LogP contribution is -2.39. The highest BCUT2D eigenvalue weighted by molar-refractivity contribution is 5.21. The number of aryl methyl sites for hydroxylation is 2. The lowest BCUT2D eigenvalue weighted by molar-refractivity contribution is 0.113. The zero-order chi connectivity index (χ0) is 10.2. The summed E-state index contributed by atoms with van der Waals surface area (Å²) in [5.41, 5.74) is 2.25. The summed E-state index contributed by atoms with van der Waals surface area (Å²) in [5.74, 6) is 1.00. The summed E-state index contributed by atoms with van der Waals surface area (Å²) in [7, 11) is 0. The molecule has 2 rings (SSSR count). The van der Waals surface area contributed by atoms with Gasteiger partial charge in [-0.1, -0.05) is 13.3 Å². The van der Waals surface area contributed by atoms with Crippen LogP contribution < -0.4 is 0 Å². The molecule has 0 atom stereocenters. The van der Waals surface area contributed by atoms with E-state index in [9.17, 15) is 5.11 Å². The zero-order valence-electron chi connectivity index (χ0n) is 8.93. The van der Waals surface area contributed by atoms with Crippen LogP contribution in [0.3, 0.4) is 0 Å². The number of H-pyrrole nitrogens is 1. The monoisotopic (exact) mass is 194 g/mol. The molecule has 1 heterocycles. The van der Waals surface area contributed by atoms with Crippen molar-refractivity contribution in [3.8, 4) is 0 Å². The Kier molecular flexibility index (Phi) is 2.35. The first-order valence-corrected chi connectivity index (χ1v) is 5.38. The molecule has 78 valence electrons. The van der Waals surface area contributed by atoms with Gasteiger partial charge in [-0.05, 0) is 26.2 Å². The average molecular weight is 194 g/mol. The molecule has 0 aromatic carbocycles. The van der Waals surface area contributed by atoms with Crippen molar-refractivity contribution in [1.82, 2.24) is 9.97 Å². The van der Waals surface area contributed by atoms with Gasteiger partial charge in [-0.15, -0.1) is 0 Å². The SMILES string of the molecule is CCc1nc(C2(CO)CCC2)[nH]c1C. The number of aliphatic hydroxyl groups excluding tert-OH is 1. The summed E-state index contributed by atoms with van der Waals surface area (Å²) in [4.78, 5) is 7.90. The Morgan fingerprint density at radius 2 is 2.21 bits per heavy atom. The molecule has 3 nitrogen and oxygen atoms in total. The van der Waals surface area contributed by atoms with Crippen molar-refractivity contribution >= 4 is 0 Å². The highest BCUT2D eigenvalue weighted by atomic mass is 16.3. The smallest absolute Gasteiger partial charge is 0.115 e. The molecular formula is C11H18N2O. The third kappa shape index (κ3) is 1.27. The fraction of sp³-hybridized carbons (Fsp3) is 0.727.